The third-order valence-electron chi connectivity index (χ3n) is 10.6. The van der Waals surface area contributed by atoms with Gasteiger partial charge in [0, 0.05) is 37.2 Å². The second-order valence-corrected chi connectivity index (χ2v) is 15.4. The zero-order valence-electron chi connectivity index (χ0n) is 32.5. The maximum absolute atomic E-state index is 14.8. The summed E-state index contributed by atoms with van der Waals surface area (Å²) in [5, 5.41) is 27.4. The molecule has 4 rings (SSSR count). The van der Waals surface area contributed by atoms with Gasteiger partial charge in [0.2, 0.25) is 11.8 Å². The molecule has 1 heterocycles. The van der Waals surface area contributed by atoms with Crippen molar-refractivity contribution in [3.63, 3.8) is 0 Å². The number of fused-ring (bicyclic) bond motifs is 1. The lowest BCUT2D eigenvalue weighted by atomic mass is 9.87. The molecule has 54 heavy (non-hydrogen) atoms. The van der Waals surface area contributed by atoms with Crippen LogP contribution in [0, 0.1) is 11.8 Å². The Bertz CT molecular complexity index is 1760. The van der Waals surface area contributed by atoms with Gasteiger partial charge < -0.3 is 21.3 Å². The average Bonchev–Trinajstić information content (AvgIpc) is 3.16. The summed E-state index contributed by atoms with van der Waals surface area (Å²) in [6, 6.07) is 24.6. The summed E-state index contributed by atoms with van der Waals surface area (Å²) >= 11 is 0. The van der Waals surface area contributed by atoms with Gasteiger partial charge in [0.1, 0.15) is 6.04 Å². The highest BCUT2D eigenvalue weighted by molar-refractivity contribution is 6.00. The molecule has 1 aromatic heterocycles. The Morgan fingerprint density at radius 1 is 0.833 bits per heavy atom. The average molecular weight is 737 g/mol. The molecule has 4 aromatic rings. The molecule has 9 heteroatoms. The third-order valence-corrected chi connectivity index (χ3v) is 10.6. The van der Waals surface area contributed by atoms with Gasteiger partial charge in [0.25, 0.3) is 5.91 Å². The number of rotatable bonds is 21. The second kappa shape index (κ2) is 20.9. The summed E-state index contributed by atoms with van der Waals surface area (Å²) in [5.41, 5.74) is 7.34. The van der Waals surface area contributed by atoms with E-state index in [2.05, 4.69) is 54.5 Å². The van der Waals surface area contributed by atoms with E-state index in [1.54, 1.807) is 25.4 Å². The Kier molecular flexibility index (Phi) is 16.3. The van der Waals surface area contributed by atoms with Gasteiger partial charge >= 0.3 is 0 Å². The number of nitrogens with one attached hydrogen (secondary N) is 1. The zero-order valence-corrected chi connectivity index (χ0v) is 32.5. The van der Waals surface area contributed by atoms with Crippen LogP contribution in [0.1, 0.15) is 89.3 Å². The van der Waals surface area contributed by atoms with Crippen LogP contribution in [0.5, 0.6) is 0 Å². The van der Waals surface area contributed by atoms with E-state index >= 15 is 0 Å². The van der Waals surface area contributed by atoms with Gasteiger partial charge in [-0.1, -0.05) is 112 Å². The maximum atomic E-state index is 14.8. The summed E-state index contributed by atoms with van der Waals surface area (Å²) in [6.45, 7) is 6.53. The largest absolute Gasteiger partial charge is 0.394 e. The minimum Gasteiger partial charge on any atom is -0.394 e. The fourth-order valence-electron chi connectivity index (χ4n) is 7.07. The van der Waals surface area contributed by atoms with E-state index in [9.17, 15) is 24.6 Å². The number of aromatic nitrogens is 1. The lowest BCUT2D eigenvalue weighted by molar-refractivity contribution is -0.160. The molecule has 0 radical (unpaired) electrons. The molecular weight excluding hydrogens is 677 g/mol. The molecule has 290 valence electrons. The summed E-state index contributed by atoms with van der Waals surface area (Å²) in [4.78, 5) is 48.6. The fourth-order valence-corrected chi connectivity index (χ4v) is 7.07. The molecule has 0 fully saturated rings. The molecule has 0 saturated heterocycles. The summed E-state index contributed by atoms with van der Waals surface area (Å²) in [5.74, 6) is -1.54. The summed E-state index contributed by atoms with van der Waals surface area (Å²) < 4.78 is 0. The number of nitrogens with zero attached hydrogens (tertiary/aromatic N) is 2. The van der Waals surface area contributed by atoms with Crippen molar-refractivity contribution in [3.05, 3.63) is 114 Å². The third kappa shape index (κ3) is 12.0. The zero-order chi connectivity index (χ0) is 39.1. The van der Waals surface area contributed by atoms with Crippen molar-refractivity contribution in [2.75, 3.05) is 6.61 Å². The smallest absolute Gasteiger partial charge is 0.252 e. The number of aliphatic hydroxyl groups excluding tert-OH is 1. The lowest BCUT2D eigenvalue weighted by Crippen LogP contribution is -2.66. The Hall–Kier alpha value is -4.44. The van der Waals surface area contributed by atoms with Crippen LogP contribution in [0.3, 0.4) is 0 Å². The standard InChI is InChI=1S/C45H60N4O5/c1-32(2)16-8-13-26-42(51)49(41(31-50)45(4,54)33(3)46)44(53)40(28-35-20-15-27-47-30-35)48-43(52)38(22-10-9-19-34-17-6-5-7-18-34)29-37-24-14-23-36-21-11-12-25-39(36)37/h5-7,11-12,14-15,17-18,20-21,23-25,27,30,32-33,38,40-41,50,54H,8-10,13,16,19,22,26,28-29,31,46H2,1-4H3,(H,48,52)/t33-,38?,40?,41+,45-/m0/s1. The molecule has 0 aliphatic heterocycles. The Labute approximate surface area is 321 Å². The molecule has 5 N–H and O–H groups in total. The molecule has 2 unspecified atom stereocenters. The van der Waals surface area contributed by atoms with Crippen LogP contribution >= 0.6 is 0 Å². The van der Waals surface area contributed by atoms with Gasteiger partial charge in [-0.25, -0.2) is 0 Å². The number of aryl methyl sites for hydroxylation is 1. The molecule has 0 aliphatic carbocycles. The van der Waals surface area contributed by atoms with E-state index in [4.69, 9.17) is 5.73 Å². The van der Waals surface area contributed by atoms with Crippen LogP contribution in [0.4, 0.5) is 0 Å². The fraction of sp³-hybridized carbons (Fsp3) is 0.467. The van der Waals surface area contributed by atoms with Crippen LogP contribution in [-0.4, -0.2) is 68.2 Å². The van der Waals surface area contributed by atoms with Crippen LogP contribution in [0.2, 0.25) is 0 Å². The lowest BCUT2D eigenvalue weighted by Gasteiger charge is -2.42. The van der Waals surface area contributed by atoms with Crippen molar-refractivity contribution in [3.8, 4) is 0 Å². The summed E-state index contributed by atoms with van der Waals surface area (Å²) in [7, 11) is 0. The number of benzene rings is 3. The molecule has 3 aromatic carbocycles. The number of pyridine rings is 1. The maximum Gasteiger partial charge on any atom is 0.252 e. The monoisotopic (exact) mass is 736 g/mol. The Morgan fingerprint density at radius 2 is 1.52 bits per heavy atom. The highest BCUT2D eigenvalue weighted by Gasteiger charge is 2.45. The minimum absolute atomic E-state index is 0.0443. The normalized spacial score (nSPS) is 14.9. The number of nitrogens with two attached hydrogens (primary N) is 1. The molecular formula is C45H60N4O5. The highest BCUT2D eigenvalue weighted by Crippen LogP contribution is 2.26. The minimum atomic E-state index is -1.81. The van der Waals surface area contributed by atoms with E-state index in [0.29, 0.717) is 30.7 Å². The van der Waals surface area contributed by atoms with Crippen molar-refractivity contribution >= 4 is 28.5 Å². The van der Waals surface area contributed by atoms with Gasteiger partial charge in [-0.05, 0) is 85.4 Å². The van der Waals surface area contributed by atoms with Crippen LogP contribution < -0.4 is 11.1 Å². The Balaban J connectivity index is 1.67. The molecule has 0 spiro atoms. The second-order valence-electron chi connectivity index (χ2n) is 15.4. The number of carbonyl (C=O) groups is 3. The van der Waals surface area contributed by atoms with Gasteiger partial charge in [-0.15, -0.1) is 0 Å². The molecule has 3 amide bonds. The number of carbonyl (C=O) groups excluding carboxylic acids is 3. The van der Waals surface area contributed by atoms with Crippen molar-refractivity contribution in [1.29, 1.82) is 0 Å². The van der Waals surface area contributed by atoms with E-state index in [1.807, 2.05) is 48.5 Å². The number of imide groups is 1. The van der Waals surface area contributed by atoms with Crippen LogP contribution in [-0.2, 0) is 33.6 Å². The van der Waals surface area contributed by atoms with E-state index in [0.717, 1.165) is 53.3 Å². The predicted molar refractivity (Wildman–Crippen MR) is 215 cm³/mol. The quantitative estimate of drug-likeness (QED) is 0.0709. The first-order chi connectivity index (χ1) is 25.9. The van der Waals surface area contributed by atoms with E-state index in [1.165, 1.54) is 12.5 Å². The number of aliphatic hydroxyl groups is 2. The molecule has 0 saturated carbocycles. The first-order valence-corrected chi connectivity index (χ1v) is 19.6. The van der Waals surface area contributed by atoms with Crippen molar-refractivity contribution in [1.82, 2.24) is 15.2 Å². The first kappa shape index (κ1) is 42.3. The van der Waals surface area contributed by atoms with Crippen molar-refractivity contribution < 1.29 is 24.6 Å². The predicted octanol–water partition coefficient (Wildman–Crippen LogP) is 6.56. The van der Waals surface area contributed by atoms with E-state index < -0.39 is 48.1 Å². The van der Waals surface area contributed by atoms with Crippen molar-refractivity contribution in [2.45, 2.75) is 116 Å². The number of unbranched alkanes of at least 4 members (excludes halogenated alkanes) is 2. The number of amides is 3. The topological polar surface area (TPSA) is 146 Å². The first-order valence-electron chi connectivity index (χ1n) is 19.6. The molecule has 5 atom stereocenters. The SMILES string of the molecule is CC(C)CCCCC(=O)N(C(=O)C(Cc1cccnc1)NC(=O)C(CCCCc1ccccc1)Cc1cccc2ccccc12)[C@H](CO)[C@@](C)(O)[C@H](C)N. The van der Waals surface area contributed by atoms with Crippen molar-refractivity contribution in [2.24, 2.45) is 17.6 Å². The van der Waals surface area contributed by atoms with Gasteiger partial charge in [-0.3, -0.25) is 24.3 Å². The summed E-state index contributed by atoms with van der Waals surface area (Å²) in [6.07, 6.45) is 9.24. The van der Waals surface area contributed by atoms with Crippen LogP contribution in [0.15, 0.2) is 97.3 Å². The number of hydrogen-bond acceptors (Lipinski definition) is 7. The van der Waals surface area contributed by atoms with Gasteiger partial charge in [-0.2, -0.15) is 0 Å². The number of hydrogen-bond donors (Lipinski definition) is 4. The van der Waals surface area contributed by atoms with Gasteiger partial charge in [0.15, 0.2) is 0 Å². The highest BCUT2D eigenvalue weighted by atomic mass is 16.3. The molecule has 9 nitrogen and oxygen atoms in total. The molecule has 0 bridgehead atoms. The van der Waals surface area contributed by atoms with Crippen LogP contribution in [0.25, 0.3) is 10.8 Å². The molecule has 0 aliphatic rings. The van der Waals surface area contributed by atoms with Gasteiger partial charge in [0.05, 0.1) is 18.2 Å². The Morgan fingerprint density at radius 3 is 2.20 bits per heavy atom. The van der Waals surface area contributed by atoms with E-state index in [-0.39, 0.29) is 18.7 Å².